The van der Waals surface area contributed by atoms with Crippen molar-refractivity contribution in [3.05, 3.63) is 29.6 Å². The van der Waals surface area contributed by atoms with Gasteiger partial charge >= 0.3 is 0 Å². The average Bonchev–Trinajstić information content (AvgIpc) is 2.35. The largest absolute Gasteiger partial charge is 0.326 e. The number of carbonyl (C=O) groups is 1. The Morgan fingerprint density at radius 2 is 1.70 bits per heavy atom. The zero-order valence-electron chi connectivity index (χ0n) is 11.0. The molecule has 20 heavy (non-hydrogen) atoms. The van der Waals surface area contributed by atoms with Gasteiger partial charge in [-0.3, -0.25) is 4.79 Å². The summed E-state index contributed by atoms with van der Waals surface area (Å²) in [6, 6.07) is 1.50. The summed E-state index contributed by atoms with van der Waals surface area (Å²) in [6.07, 6.45) is 4.66. The van der Waals surface area contributed by atoms with Crippen molar-refractivity contribution in [1.82, 2.24) is 0 Å². The molecule has 3 nitrogen and oxygen atoms in total. The van der Waals surface area contributed by atoms with E-state index in [2.05, 4.69) is 5.32 Å². The zero-order chi connectivity index (χ0) is 14.8. The highest BCUT2D eigenvalue weighted by Crippen LogP contribution is 2.29. The number of anilines is 1. The van der Waals surface area contributed by atoms with E-state index in [1.807, 2.05) is 0 Å². The molecule has 1 aromatic rings. The minimum Gasteiger partial charge on any atom is -0.326 e. The molecule has 0 saturated heterocycles. The topological polar surface area (TPSA) is 55.1 Å². The predicted octanol–water partition coefficient (Wildman–Crippen LogP) is 3.09. The fourth-order valence-corrected chi connectivity index (χ4v) is 2.59. The van der Waals surface area contributed by atoms with Crippen LogP contribution >= 0.6 is 0 Å². The molecule has 0 spiro atoms. The first kappa shape index (κ1) is 14.8. The van der Waals surface area contributed by atoms with Crippen molar-refractivity contribution in [3.8, 4) is 0 Å². The Labute approximate surface area is 115 Å². The van der Waals surface area contributed by atoms with E-state index < -0.39 is 28.9 Å². The molecule has 1 amide bonds. The summed E-state index contributed by atoms with van der Waals surface area (Å²) in [5.41, 5.74) is 5.47. The van der Waals surface area contributed by atoms with E-state index in [-0.39, 0.29) is 12.1 Å². The van der Waals surface area contributed by atoms with Crippen molar-refractivity contribution >= 4 is 11.6 Å². The summed E-state index contributed by atoms with van der Waals surface area (Å²) in [4.78, 5) is 11.9. The molecule has 0 radical (unpaired) electrons. The molecule has 110 valence electrons. The second-order valence-electron chi connectivity index (χ2n) is 5.40. The molecule has 3 N–H and O–H groups in total. The van der Waals surface area contributed by atoms with Gasteiger partial charge in [0.25, 0.3) is 0 Å². The molecular formula is C14H17F3N2O. The van der Waals surface area contributed by atoms with Gasteiger partial charge in [0.05, 0.1) is 0 Å². The van der Waals surface area contributed by atoms with Crippen LogP contribution in [0.1, 0.15) is 38.5 Å². The van der Waals surface area contributed by atoms with Gasteiger partial charge in [-0.1, -0.05) is 19.3 Å². The molecule has 6 heteroatoms. The van der Waals surface area contributed by atoms with Gasteiger partial charge < -0.3 is 11.1 Å². The molecule has 1 aliphatic rings. The lowest BCUT2D eigenvalue weighted by Crippen LogP contribution is -2.44. The highest BCUT2D eigenvalue weighted by atomic mass is 19.2. The number of amides is 1. The van der Waals surface area contributed by atoms with E-state index in [4.69, 9.17) is 5.73 Å². The van der Waals surface area contributed by atoms with Crippen LogP contribution in [0.4, 0.5) is 18.9 Å². The van der Waals surface area contributed by atoms with Crippen molar-refractivity contribution in [1.29, 1.82) is 0 Å². The third-order valence-corrected chi connectivity index (χ3v) is 3.63. The molecule has 1 aliphatic carbocycles. The lowest BCUT2D eigenvalue weighted by molar-refractivity contribution is -0.117. The minimum absolute atomic E-state index is 0.0909. The third kappa shape index (κ3) is 3.50. The number of halogens is 3. The van der Waals surface area contributed by atoms with Crippen LogP contribution in [-0.4, -0.2) is 11.4 Å². The number of nitrogens with two attached hydrogens (primary N) is 1. The van der Waals surface area contributed by atoms with E-state index in [0.29, 0.717) is 0 Å². The van der Waals surface area contributed by atoms with Crippen LogP contribution < -0.4 is 11.1 Å². The maximum atomic E-state index is 13.0. The molecule has 0 unspecified atom stereocenters. The summed E-state index contributed by atoms with van der Waals surface area (Å²) in [7, 11) is 0. The van der Waals surface area contributed by atoms with E-state index in [0.717, 1.165) is 44.2 Å². The summed E-state index contributed by atoms with van der Waals surface area (Å²) in [5.74, 6) is -4.63. The van der Waals surface area contributed by atoms with Crippen molar-refractivity contribution in [3.63, 3.8) is 0 Å². The Bertz CT molecular complexity index is 490. The van der Waals surface area contributed by atoms with Gasteiger partial charge in [-0.2, -0.15) is 0 Å². The smallest absolute Gasteiger partial charge is 0.226 e. The first-order valence-corrected chi connectivity index (χ1v) is 6.63. The van der Waals surface area contributed by atoms with Gasteiger partial charge in [0, 0.05) is 29.8 Å². The van der Waals surface area contributed by atoms with E-state index in [9.17, 15) is 18.0 Å². The van der Waals surface area contributed by atoms with Crippen LogP contribution in [0, 0.1) is 17.5 Å². The fraction of sp³-hybridized carbons (Fsp3) is 0.500. The highest BCUT2D eigenvalue weighted by Gasteiger charge is 2.30. The zero-order valence-corrected chi connectivity index (χ0v) is 11.0. The molecular weight excluding hydrogens is 269 g/mol. The van der Waals surface area contributed by atoms with Gasteiger partial charge in [-0.25, -0.2) is 13.2 Å². The molecule has 2 rings (SSSR count). The van der Waals surface area contributed by atoms with Crippen molar-refractivity contribution in [2.45, 2.75) is 44.1 Å². The lowest BCUT2D eigenvalue weighted by Gasteiger charge is -2.32. The number of nitrogens with one attached hydrogen (secondary N) is 1. The summed E-state index contributed by atoms with van der Waals surface area (Å²) >= 11 is 0. The van der Waals surface area contributed by atoms with E-state index in [1.165, 1.54) is 0 Å². The van der Waals surface area contributed by atoms with Gasteiger partial charge in [0.1, 0.15) is 0 Å². The molecule has 1 fully saturated rings. The van der Waals surface area contributed by atoms with Gasteiger partial charge in [-0.15, -0.1) is 0 Å². The minimum atomic E-state index is -1.55. The number of carbonyl (C=O) groups excluding carboxylic acids is 1. The van der Waals surface area contributed by atoms with Crippen LogP contribution in [0.2, 0.25) is 0 Å². The molecule has 0 aromatic heterocycles. The van der Waals surface area contributed by atoms with E-state index >= 15 is 0 Å². The van der Waals surface area contributed by atoms with Crippen molar-refractivity contribution in [2.75, 3.05) is 5.32 Å². The normalized spacial score (nSPS) is 17.8. The Kier molecular flexibility index (Phi) is 4.32. The van der Waals surface area contributed by atoms with Crippen molar-refractivity contribution in [2.24, 2.45) is 5.73 Å². The monoisotopic (exact) mass is 286 g/mol. The molecule has 0 atom stereocenters. The number of hydrogen-bond donors (Lipinski definition) is 2. The standard InChI is InChI=1S/C14H17F3N2O/c15-10-6-9(7-11(16)13(10)17)19-12(20)8-14(18)4-2-1-3-5-14/h6-7H,1-5,8,18H2,(H,19,20). The molecule has 0 bridgehead atoms. The fourth-order valence-electron chi connectivity index (χ4n) is 2.59. The lowest BCUT2D eigenvalue weighted by atomic mass is 9.80. The summed E-state index contributed by atoms with van der Waals surface area (Å²) < 4.78 is 38.9. The Balaban J connectivity index is 2.01. The quantitative estimate of drug-likeness (QED) is 0.839. The maximum absolute atomic E-state index is 13.0. The predicted molar refractivity (Wildman–Crippen MR) is 69.6 cm³/mol. The number of hydrogen-bond acceptors (Lipinski definition) is 2. The highest BCUT2D eigenvalue weighted by molar-refractivity contribution is 5.91. The van der Waals surface area contributed by atoms with Crippen molar-refractivity contribution < 1.29 is 18.0 Å². The van der Waals surface area contributed by atoms with Crippen LogP contribution in [0.15, 0.2) is 12.1 Å². The second kappa shape index (κ2) is 5.83. The maximum Gasteiger partial charge on any atom is 0.226 e. The SMILES string of the molecule is NC1(CC(=O)Nc2cc(F)c(F)c(F)c2)CCCCC1. The summed E-state index contributed by atoms with van der Waals surface area (Å²) in [6.45, 7) is 0. The number of benzene rings is 1. The van der Waals surface area contributed by atoms with Gasteiger partial charge in [0.2, 0.25) is 5.91 Å². The van der Waals surface area contributed by atoms with Crippen LogP contribution in [0.25, 0.3) is 0 Å². The first-order valence-electron chi connectivity index (χ1n) is 6.63. The van der Waals surface area contributed by atoms with E-state index in [1.54, 1.807) is 0 Å². The Hall–Kier alpha value is -1.56. The van der Waals surface area contributed by atoms with Gasteiger partial charge in [-0.05, 0) is 12.8 Å². The molecule has 0 aliphatic heterocycles. The third-order valence-electron chi connectivity index (χ3n) is 3.63. The van der Waals surface area contributed by atoms with Crippen LogP contribution in [-0.2, 0) is 4.79 Å². The van der Waals surface area contributed by atoms with Gasteiger partial charge in [0.15, 0.2) is 17.5 Å². The summed E-state index contributed by atoms with van der Waals surface area (Å²) in [5, 5.41) is 2.36. The first-order chi connectivity index (χ1) is 9.39. The second-order valence-corrected chi connectivity index (χ2v) is 5.40. The Morgan fingerprint density at radius 3 is 2.25 bits per heavy atom. The molecule has 0 heterocycles. The molecule has 1 saturated carbocycles. The van der Waals surface area contributed by atoms with Crippen LogP contribution in [0.5, 0.6) is 0 Å². The Morgan fingerprint density at radius 1 is 1.15 bits per heavy atom. The van der Waals surface area contributed by atoms with Crippen LogP contribution in [0.3, 0.4) is 0 Å². The number of rotatable bonds is 3. The molecule has 1 aromatic carbocycles. The average molecular weight is 286 g/mol.